The molecule has 1 heterocycles. The van der Waals surface area contributed by atoms with Gasteiger partial charge in [0.15, 0.2) is 0 Å². The average Bonchev–Trinajstić information content (AvgIpc) is 2.27. The highest BCUT2D eigenvalue weighted by molar-refractivity contribution is 5.25. The smallest absolute Gasteiger partial charge is 0.0237 e. The summed E-state index contributed by atoms with van der Waals surface area (Å²) in [5, 5.41) is 0. The van der Waals surface area contributed by atoms with Crippen LogP contribution in [-0.4, -0.2) is 24.0 Å². The molecule has 1 fully saturated rings. The third kappa shape index (κ3) is 2.63. The van der Waals surface area contributed by atoms with Crippen LogP contribution in [0, 0.1) is 12.8 Å². The van der Waals surface area contributed by atoms with Gasteiger partial charge in [-0.05, 0) is 36.9 Å². The fourth-order valence-corrected chi connectivity index (χ4v) is 2.34. The number of rotatable bonds is 2. The van der Waals surface area contributed by atoms with Crippen molar-refractivity contribution in [2.75, 3.05) is 13.1 Å². The van der Waals surface area contributed by atoms with Gasteiger partial charge in [-0.3, -0.25) is 4.90 Å². The Labute approximate surface area is 98.4 Å². The van der Waals surface area contributed by atoms with Crippen LogP contribution in [-0.2, 0) is 6.54 Å². The molecule has 0 bridgehead atoms. The van der Waals surface area contributed by atoms with E-state index in [-0.39, 0.29) is 0 Å². The third-order valence-corrected chi connectivity index (χ3v) is 3.76. The molecule has 0 amide bonds. The van der Waals surface area contributed by atoms with Crippen LogP contribution in [0.3, 0.4) is 0 Å². The summed E-state index contributed by atoms with van der Waals surface area (Å²) in [7, 11) is 0. The van der Waals surface area contributed by atoms with Crippen LogP contribution in [0.2, 0.25) is 0 Å². The van der Waals surface area contributed by atoms with Crippen molar-refractivity contribution in [2.24, 2.45) is 11.7 Å². The van der Waals surface area contributed by atoms with Crippen molar-refractivity contribution >= 4 is 0 Å². The highest BCUT2D eigenvalue weighted by Gasteiger charge is 2.22. The van der Waals surface area contributed by atoms with Crippen LogP contribution < -0.4 is 5.73 Å². The average molecular weight is 218 g/mol. The van der Waals surface area contributed by atoms with E-state index < -0.39 is 0 Å². The molecule has 2 unspecified atom stereocenters. The van der Waals surface area contributed by atoms with E-state index in [1.54, 1.807) is 0 Å². The second-order valence-corrected chi connectivity index (χ2v) is 5.09. The van der Waals surface area contributed by atoms with Crippen molar-refractivity contribution in [3.8, 4) is 0 Å². The van der Waals surface area contributed by atoms with Gasteiger partial charge in [0, 0.05) is 19.1 Å². The lowest BCUT2D eigenvalue weighted by Crippen LogP contribution is -2.47. The maximum atomic E-state index is 6.12. The summed E-state index contributed by atoms with van der Waals surface area (Å²) in [6, 6.07) is 8.97. The molecule has 2 heteroatoms. The largest absolute Gasteiger partial charge is 0.326 e. The van der Waals surface area contributed by atoms with E-state index in [1.807, 2.05) is 0 Å². The van der Waals surface area contributed by atoms with Crippen LogP contribution in [0.15, 0.2) is 24.3 Å². The Morgan fingerprint density at radius 3 is 2.81 bits per heavy atom. The maximum absolute atomic E-state index is 6.12. The fourth-order valence-electron chi connectivity index (χ4n) is 2.34. The normalized spacial score (nSPS) is 26.9. The fraction of sp³-hybridized carbons (Fsp3) is 0.571. The molecule has 2 N–H and O–H groups in total. The molecule has 2 nitrogen and oxygen atoms in total. The van der Waals surface area contributed by atoms with Gasteiger partial charge >= 0.3 is 0 Å². The monoisotopic (exact) mass is 218 g/mol. The number of benzene rings is 1. The molecule has 1 aromatic rings. The summed E-state index contributed by atoms with van der Waals surface area (Å²) < 4.78 is 0. The van der Waals surface area contributed by atoms with Gasteiger partial charge in [0.2, 0.25) is 0 Å². The molecule has 2 rings (SSSR count). The minimum Gasteiger partial charge on any atom is -0.326 e. The molecule has 1 saturated heterocycles. The highest BCUT2D eigenvalue weighted by Crippen LogP contribution is 2.18. The van der Waals surface area contributed by atoms with Crippen molar-refractivity contribution in [3.05, 3.63) is 35.4 Å². The van der Waals surface area contributed by atoms with E-state index in [4.69, 9.17) is 5.73 Å². The topological polar surface area (TPSA) is 29.3 Å². The van der Waals surface area contributed by atoms with Gasteiger partial charge in [-0.2, -0.15) is 0 Å². The minimum atomic E-state index is 0.345. The third-order valence-electron chi connectivity index (χ3n) is 3.76. The summed E-state index contributed by atoms with van der Waals surface area (Å²) in [5.74, 6) is 0.674. The van der Waals surface area contributed by atoms with Gasteiger partial charge in [-0.15, -0.1) is 0 Å². The van der Waals surface area contributed by atoms with E-state index in [0.717, 1.165) is 13.1 Å². The van der Waals surface area contributed by atoms with Crippen molar-refractivity contribution in [2.45, 2.75) is 32.9 Å². The lowest BCUT2D eigenvalue weighted by molar-refractivity contribution is 0.162. The Bertz CT molecular complexity index is 348. The number of aryl methyl sites for hydroxylation is 1. The van der Waals surface area contributed by atoms with E-state index in [0.29, 0.717) is 12.0 Å². The summed E-state index contributed by atoms with van der Waals surface area (Å²) in [6.07, 6.45) is 1.23. The number of nitrogens with two attached hydrogens (primary N) is 1. The Morgan fingerprint density at radius 2 is 2.12 bits per heavy atom. The van der Waals surface area contributed by atoms with Gasteiger partial charge in [0.1, 0.15) is 0 Å². The van der Waals surface area contributed by atoms with E-state index >= 15 is 0 Å². The zero-order valence-electron chi connectivity index (χ0n) is 10.3. The van der Waals surface area contributed by atoms with Crippen molar-refractivity contribution in [1.29, 1.82) is 0 Å². The lowest BCUT2D eigenvalue weighted by atomic mass is 9.94. The lowest BCUT2D eigenvalue weighted by Gasteiger charge is -2.35. The van der Waals surface area contributed by atoms with Gasteiger partial charge in [0.05, 0.1) is 0 Å². The first kappa shape index (κ1) is 11.6. The zero-order chi connectivity index (χ0) is 11.5. The molecule has 0 aliphatic carbocycles. The first-order valence-corrected chi connectivity index (χ1v) is 6.19. The molecule has 88 valence electrons. The van der Waals surface area contributed by atoms with Crippen LogP contribution in [0.4, 0.5) is 0 Å². The predicted molar refractivity (Wildman–Crippen MR) is 68.2 cm³/mol. The molecule has 16 heavy (non-hydrogen) atoms. The van der Waals surface area contributed by atoms with Crippen LogP contribution >= 0.6 is 0 Å². The molecule has 0 spiro atoms. The number of piperidine rings is 1. The van der Waals surface area contributed by atoms with Gasteiger partial charge < -0.3 is 5.73 Å². The van der Waals surface area contributed by atoms with E-state index in [2.05, 4.69) is 43.0 Å². The van der Waals surface area contributed by atoms with Gasteiger partial charge in [-0.1, -0.05) is 31.2 Å². The van der Waals surface area contributed by atoms with E-state index in [9.17, 15) is 0 Å². The quantitative estimate of drug-likeness (QED) is 0.824. The van der Waals surface area contributed by atoms with E-state index in [1.165, 1.54) is 24.1 Å². The second-order valence-electron chi connectivity index (χ2n) is 5.09. The highest BCUT2D eigenvalue weighted by atomic mass is 15.1. The van der Waals surface area contributed by atoms with Crippen LogP contribution in [0.25, 0.3) is 0 Å². The summed E-state index contributed by atoms with van der Waals surface area (Å²) in [6.45, 7) is 7.71. The molecule has 2 atom stereocenters. The summed E-state index contributed by atoms with van der Waals surface area (Å²) >= 11 is 0. The predicted octanol–water partition coefficient (Wildman–Crippen LogP) is 2.16. The molecule has 0 radical (unpaired) electrons. The molecule has 1 aromatic carbocycles. The molecule has 0 aromatic heterocycles. The van der Waals surface area contributed by atoms with Crippen LogP contribution in [0.5, 0.6) is 0 Å². The molecular weight excluding hydrogens is 196 g/mol. The molecular formula is C14H22N2. The SMILES string of the molecule is Cc1ccccc1CN1CCC(C)C(N)C1. The van der Waals surface area contributed by atoms with Crippen molar-refractivity contribution < 1.29 is 0 Å². The van der Waals surface area contributed by atoms with Crippen LogP contribution in [0.1, 0.15) is 24.5 Å². The molecule has 1 aliphatic rings. The summed E-state index contributed by atoms with van der Waals surface area (Å²) in [4.78, 5) is 2.48. The van der Waals surface area contributed by atoms with Gasteiger partial charge in [-0.25, -0.2) is 0 Å². The molecule has 0 saturated carbocycles. The number of hydrogen-bond donors (Lipinski definition) is 1. The molecule has 1 aliphatic heterocycles. The Balaban J connectivity index is 1.98. The van der Waals surface area contributed by atoms with Crippen molar-refractivity contribution in [3.63, 3.8) is 0 Å². The Hall–Kier alpha value is -0.860. The van der Waals surface area contributed by atoms with Crippen molar-refractivity contribution in [1.82, 2.24) is 4.90 Å². The Morgan fingerprint density at radius 1 is 1.38 bits per heavy atom. The first-order valence-electron chi connectivity index (χ1n) is 6.19. The first-order chi connectivity index (χ1) is 7.66. The number of nitrogens with zero attached hydrogens (tertiary/aromatic N) is 1. The standard InChI is InChI=1S/C14H22N2/c1-11-5-3-4-6-13(11)9-16-8-7-12(2)14(15)10-16/h3-6,12,14H,7-10,15H2,1-2H3. The van der Waals surface area contributed by atoms with Gasteiger partial charge in [0.25, 0.3) is 0 Å². The Kier molecular flexibility index (Phi) is 3.62. The summed E-state index contributed by atoms with van der Waals surface area (Å²) in [5.41, 5.74) is 8.94. The maximum Gasteiger partial charge on any atom is 0.0237 e. The minimum absolute atomic E-state index is 0.345. The second kappa shape index (κ2) is 4.98. The number of likely N-dealkylation sites (tertiary alicyclic amines) is 1. The zero-order valence-corrected chi connectivity index (χ0v) is 10.3. The number of hydrogen-bond acceptors (Lipinski definition) is 2.